The maximum atomic E-state index is 13.3. The van der Waals surface area contributed by atoms with Gasteiger partial charge >= 0.3 is 0 Å². The van der Waals surface area contributed by atoms with Crippen LogP contribution in [0.3, 0.4) is 0 Å². The summed E-state index contributed by atoms with van der Waals surface area (Å²) in [6.45, 7) is 3.73. The van der Waals surface area contributed by atoms with E-state index in [0.29, 0.717) is 23.6 Å². The zero-order chi connectivity index (χ0) is 23.5. The maximum Gasteiger partial charge on any atom is 0.271 e. The normalized spacial score (nSPS) is 13.7. The van der Waals surface area contributed by atoms with Crippen molar-refractivity contribution in [2.45, 2.75) is 45.6 Å². The lowest BCUT2D eigenvalue weighted by Crippen LogP contribution is -2.37. The van der Waals surface area contributed by atoms with Crippen LogP contribution in [0.15, 0.2) is 47.3 Å². The molecule has 0 spiro atoms. The van der Waals surface area contributed by atoms with Gasteiger partial charge in [-0.3, -0.25) is 9.59 Å². The van der Waals surface area contributed by atoms with E-state index in [4.69, 9.17) is 14.6 Å². The first-order valence-electron chi connectivity index (χ1n) is 11.2. The Morgan fingerprint density at radius 2 is 1.61 bits per heavy atom. The number of carbonyl (C=O) groups is 1. The fraction of sp³-hybridized carbons (Fsp3) is 0.346. The second kappa shape index (κ2) is 9.48. The van der Waals surface area contributed by atoms with Crippen molar-refractivity contribution in [2.75, 3.05) is 19.5 Å². The van der Waals surface area contributed by atoms with Crippen molar-refractivity contribution in [2.24, 2.45) is 0 Å². The number of ether oxygens (including phenoxy) is 2. The molecule has 0 fully saturated rings. The Morgan fingerprint density at radius 3 is 2.21 bits per heavy atom. The van der Waals surface area contributed by atoms with E-state index in [-0.39, 0.29) is 11.5 Å². The largest absolute Gasteiger partial charge is 0.497 e. The van der Waals surface area contributed by atoms with Crippen LogP contribution in [0.2, 0.25) is 0 Å². The van der Waals surface area contributed by atoms with Crippen LogP contribution in [0.5, 0.6) is 11.5 Å². The average molecular weight is 448 g/mol. The fourth-order valence-corrected chi connectivity index (χ4v) is 4.20. The molecule has 1 atom stereocenters. The van der Waals surface area contributed by atoms with Gasteiger partial charge in [0, 0.05) is 35.0 Å². The number of hydrogen-bond donors (Lipinski definition) is 1. The molecule has 1 aliphatic rings. The summed E-state index contributed by atoms with van der Waals surface area (Å²) >= 11 is 0. The Labute approximate surface area is 193 Å². The molecule has 0 unspecified atom stereocenters. The van der Waals surface area contributed by atoms with E-state index < -0.39 is 6.04 Å². The molecule has 2 aromatic carbocycles. The molecule has 1 N–H and O–H groups in total. The van der Waals surface area contributed by atoms with E-state index in [1.807, 2.05) is 31.2 Å². The highest BCUT2D eigenvalue weighted by atomic mass is 16.5. The molecule has 1 aliphatic carbocycles. The minimum atomic E-state index is -0.800. The average Bonchev–Trinajstić information content (AvgIpc) is 2.84. The van der Waals surface area contributed by atoms with E-state index in [0.717, 1.165) is 47.2 Å². The molecule has 0 saturated heterocycles. The molecule has 4 rings (SSSR count). The molecule has 0 aliphatic heterocycles. The minimum absolute atomic E-state index is 0.188. The number of methoxy groups -OCH3 is 2. The van der Waals surface area contributed by atoms with Gasteiger partial charge in [0.2, 0.25) is 5.91 Å². The monoisotopic (exact) mass is 447 g/mol. The molecule has 0 radical (unpaired) electrons. The van der Waals surface area contributed by atoms with Gasteiger partial charge in [-0.25, -0.2) is 4.68 Å². The van der Waals surface area contributed by atoms with Crippen LogP contribution in [0.4, 0.5) is 5.69 Å². The van der Waals surface area contributed by atoms with Gasteiger partial charge in [0.1, 0.15) is 17.5 Å². The van der Waals surface area contributed by atoms with Crippen molar-refractivity contribution in [3.63, 3.8) is 0 Å². The zero-order valence-electron chi connectivity index (χ0n) is 19.5. The van der Waals surface area contributed by atoms with Crippen LogP contribution in [0, 0.1) is 6.92 Å². The lowest BCUT2D eigenvalue weighted by molar-refractivity contribution is -0.119. The summed E-state index contributed by atoms with van der Waals surface area (Å²) in [5.74, 6) is 0.775. The predicted molar refractivity (Wildman–Crippen MR) is 128 cm³/mol. The number of fused-ring (bicyclic) bond motifs is 1. The summed E-state index contributed by atoms with van der Waals surface area (Å²) in [6.07, 6.45) is 3.53. The number of carbonyl (C=O) groups excluding carboxylic acids is 1. The number of benzene rings is 2. The Balaban J connectivity index is 1.72. The lowest BCUT2D eigenvalue weighted by Gasteiger charge is -2.23. The number of rotatable bonds is 6. The number of anilines is 1. The summed E-state index contributed by atoms with van der Waals surface area (Å²) in [4.78, 5) is 26.5. The quantitative estimate of drug-likeness (QED) is 0.609. The Morgan fingerprint density at radius 1 is 1.00 bits per heavy atom. The van der Waals surface area contributed by atoms with Gasteiger partial charge in [0.15, 0.2) is 0 Å². The van der Waals surface area contributed by atoms with Crippen molar-refractivity contribution in [3.05, 3.63) is 69.5 Å². The molecule has 7 nitrogen and oxygen atoms in total. The first-order valence-corrected chi connectivity index (χ1v) is 11.2. The van der Waals surface area contributed by atoms with Crippen LogP contribution < -0.4 is 20.3 Å². The number of aromatic nitrogens is 2. The number of aryl methyl sites for hydroxylation is 1. The lowest BCUT2D eigenvalue weighted by atomic mass is 9.89. The van der Waals surface area contributed by atoms with Gasteiger partial charge in [-0.15, -0.1) is 0 Å². The van der Waals surface area contributed by atoms with Crippen LogP contribution in [-0.2, 0) is 17.6 Å². The van der Waals surface area contributed by atoms with Crippen LogP contribution >= 0.6 is 0 Å². The molecule has 1 amide bonds. The molecule has 172 valence electrons. The molecule has 33 heavy (non-hydrogen) atoms. The molecular formula is C26H29N3O4. The highest BCUT2D eigenvalue weighted by Crippen LogP contribution is 2.30. The van der Waals surface area contributed by atoms with E-state index in [9.17, 15) is 9.59 Å². The smallest absolute Gasteiger partial charge is 0.271 e. The Bertz CT molecular complexity index is 1210. The third-order valence-corrected chi connectivity index (χ3v) is 6.12. The molecule has 0 saturated carbocycles. The summed E-state index contributed by atoms with van der Waals surface area (Å²) in [6, 6.07) is 12.4. The topological polar surface area (TPSA) is 82.5 Å². The number of nitrogens with zero attached hydrogens (tertiary/aromatic N) is 2. The van der Waals surface area contributed by atoms with Gasteiger partial charge in [0.25, 0.3) is 5.56 Å². The van der Waals surface area contributed by atoms with Crippen molar-refractivity contribution in [3.8, 4) is 22.8 Å². The zero-order valence-corrected chi connectivity index (χ0v) is 19.5. The van der Waals surface area contributed by atoms with Crippen molar-refractivity contribution in [1.82, 2.24) is 9.78 Å². The van der Waals surface area contributed by atoms with Crippen LogP contribution in [0.25, 0.3) is 11.3 Å². The second-order valence-electron chi connectivity index (χ2n) is 8.40. The van der Waals surface area contributed by atoms with Gasteiger partial charge < -0.3 is 14.8 Å². The summed E-state index contributed by atoms with van der Waals surface area (Å²) in [5.41, 5.74) is 5.01. The third-order valence-electron chi connectivity index (χ3n) is 6.12. The molecule has 1 aromatic heterocycles. The highest BCUT2D eigenvalue weighted by Gasteiger charge is 2.26. The predicted octanol–water partition coefficient (Wildman–Crippen LogP) is 4.31. The molecule has 7 heteroatoms. The maximum absolute atomic E-state index is 13.3. The Hall–Kier alpha value is -3.61. The first kappa shape index (κ1) is 22.6. The summed E-state index contributed by atoms with van der Waals surface area (Å²) in [7, 11) is 3.10. The first-order chi connectivity index (χ1) is 15.9. The molecule has 1 heterocycles. The Kier molecular flexibility index (Phi) is 6.49. The van der Waals surface area contributed by atoms with Crippen LogP contribution in [0.1, 0.15) is 42.5 Å². The van der Waals surface area contributed by atoms with Crippen molar-refractivity contribution < 1.29 is 14.3 Å². The van der Waals surface area contributed by atoms with E-state index in [1.54, 1.807) is 39.3 Å². The van der Waals surface area contributed by atoms with Crippen LogP contribution in [-0.4, -0.2) is 29.9 Å². The van der Waals surface area contributed by atoms with E-state index in [2.05, 4.69) is 5.32 Å². The van der Waals surface area contributed by atoms with E-state index in [1.165, 1.54) is 4.68 Å². The minimum Gasteiger partial charge on any atom is -0.497 e. The van der Waals surface area contributed by atoms with Gasteiger partial charge in [0.05, 0.1) is 19.9 Å². The highest BCUT2D eigenvalue weighted by molar-refractivity contribution is 5.93. The van der Waals surface area contributed by atoms with Crippen molar-refractivity contribution >= 4 is 11.6 Å². The number of nitrogens with one attached hydrogen (secondary N) is 1. The van der Waals surface area contributed by atoms with Gasteiger partial charge in [-0.05, 0) is 45.1 Å². The van der Waals surface area contributed by atoms with Gasteiger partial charge in [-0.2, -0.15) is 5.10 Å². The fourth-order valence-electron chi connectivity index (χ4n) is 4.20. The van der Waals surface area contributed by atoms with Gasteiger partial charge in [-0.1, -0.05) is 29.8 Å². The molecule has 0 bridgehead atoms. The molecule has 3 aromatic rings. The van der Waals surface area contributed by atoms with Crippen molar-refractivity contribution in [1.29, 1.82) is 0 Å². The van der Waals surface area contributed by atoms with E-state index >= 15 is 0 Å². The number of hydrogen-bond acceptors (Lipinski definition) is 5. The third kappa shape index (κ3) is 4.62. The summed E-state index contributed by atoms with van der Waals surface area (Å²) in [5, 5.41) is 7.57. The standard InChI is InChI=1S/C26H29N3O4/c1-16-9-11-18(12-10-16)24-22-7-5-6-8-23(22)26(31)29(28-24)17(2)25(30)27-19-13-20(32-3)15-21(14-19)33-4/h9-15,17H,5-8H2,1-4H3,(H,27,30)/t17-/m1/s1. The summed E-state index contributed by atoms with van der Waals surface area (Å²) < 4.78 is 11.9. The number of amides is 1. The SMILES string of the molecule is COc1cc(NC(=O)[C@@H](C)n2nc(-c3ccc(C)cc3)c3c(c2=O)CCCC3)cc(OC)c1. The second-order valence-corrected chi connectivity index (χ2v) is 8.40. The molecular weight excluding hydrogens is 418 g/mol.